The molecule has 0 fully saturated rings. The van der Waals surface area contributed by atoms with Gasteiger partial charge in [-0.05, 0) is 35.7 Å². The van der Waals surface area contributed by atoms with E-state index in [0.717, 1.165) is 17.3 Å². The molecule has 0 saturated heterocycles. The number of hydrogen-bond acceptors (Lipinski definition) is 1. The second-order valence-electron chi connectivity index (χ2n) is 2.88. The van der Waals surface area contributed by atoms with Crippen molar-refractivity contribution in [2.45, 2.75) is 25.1 Å². The van der Waals surface area contributed by atoms with Gasteiger partial charge in [-0.15, -0.1) is 11.6 Å². The second kappa shape index (κ2) is 4.28. The average molecular weight is 252 g/mol. The minimum atomic E-state index is 0.229. The zero-order valence-corrected chi connectivity index (χ0v) is 9.56. The van der Waals surface area contributed by atoms with Crippen LogP contribution in [0.2, 0.25) is 0 Å². The van der Waals surface area contributed by atoms with E-state index in [-0.39, 0.29) is 5.38 Å². The van der Waals surface area contributed by atoms with Crippen molar-refractivity contribution in [3.63, 3.8) is 0 Å². The molecule has 68 valence electrons. The topological polar surface area (TPSA) is 17.8 Å². The van der Waals surface area contributed by atoms with E-state index in [1.807, 2.05) is 24.9 Å². The van der Waals surface area contributed by atoms with E-state index in [1.54, 1.807) is 0 Å². The number of rotatable bonds is 3. The summed E-state index contributed by atoms with van der Waals surface area (Å²) in [7, 11) is 1.94. The predicted octanol–water partition coefficient (Wildman–Crippen LogP) is 2.74. The number of hydrogen-bond donors (Lipinski definition) is 0. The smallest absolute Gasteiger partial charge is 0.0635 e. The number of alkyl halides is 1. The first-order chi connectivity index (χ1) is 5.61. The number of aromatic nitrogens is 2. The van der Waals surface area contributed by atoms with Gasteiger partial charge in [0.25, 0.3) is 0 Å². The third-order valence-electron chi connectivity index (χ3n) is 1.79. The van der Waals surface area contributed by atoms with Crippen LogP contribution >= 0.6 is 27.5 Å². The van der Waals surface area contributed by atoms with Crippen molar-refractivity contribution in [3.8, 4) is 0 Å². The molecule has 1 aromatic rings. The Balaban J connectivity index is 2.62. The fourth-order valence-electron chi connectivity index (χ4n) is 1.05. The maximum atomic E-state index is 5.85. The van der Waals surface area contributed by atoms with Gasteiger partial charge in [0.05, 0.1) is 16.4 Å². The van der Waals surface area contributed by atoms with Crippen LogP contribution in [-0.2, 0) is 13.5 Å². The van der Waals surface area contributed by atoms with Crippen LogP contribution < -0.4 is 0 Å². The third kappa shape index (κ3) is 2.49. The standard InChI is InChI=1S/C8H12BrClN2/c1-6(10)3-4-8-7(9)5-11-12(8)2/h5-6H,3-4H2,1-2H3. The monoisotopic (exact) mass is 250 g/mol. The highest BCUT2D eigenvalue weighted by Gasteiger charge is 2.06. The molecule has 0 amide bonds. The molecule has 1 atom stereocenters. The third-order valence-corrected chi connectivity index (χ3v) is 2.67. The van der Waals surface area contributed by atoms with Crippen LogP contribution in [0.1, 0.15) is 19.0 Å². The van der Waals surface area contributed by atoms with Crippen molar-refractivity contribution in [1.82, 2.24) is 9.78 Å². The van der Waals surface area contributed by atoms with E-state index in [1.165, 1.54) is 5.69 Å². The predicted molar refractivity (Wildman–Crippen MR) is 54.5 cm³/mol. The first-order valence-electron chi connectivity index (χ1n) is 3.91. The van der Waals surface area contributed by atoms with Gasteiger partial charge in [0.15, 0.2) is 0 Å². The summed E-state index contributed by atoms with van der Waals surface area (Å²) >= 11 is 9.30. The van der Waals surface area contributed by atoms with E-state index in [9.17, 15) is 0 Å². The fourth-order valence-corrected chi connectivity index (χ4v) is 1.71. The lowest BCUT2D eigenvalue weighted by Gasteiger charge is -2.03. The molecule has 1 rings (SSSR count). The van der Waals surface area contributed by atoms with Gasteiger partial charge < -0.3 is 0 Å². The molecule has 0 radical (unpaired) electrons. The number of halogens is 2. The van der Waals surface area contributed by atoms with Crippen LogP contribution in [0.4, 0.5) is 0 Å². The van der Waals surface area contributed by atoms with Gasteiger partial charge in [0, 0.05) is 12.4 Å². The fraction of sp³-hybridized carbons (Fsp3) is 0.625. The summed E-state index contributed by atoms with van der Waals surface area (Å²) in [4.78, 5) is 0. The number of aryl methyl sites for hydroxylation is 1. The first kappa shape index (κ1) is 10.1. The number of nitrogens with zero attached hydrogens (tertiary/aromatic N) is 2. The molecule has 12 heavy (non-hydrogen) atoms. The summed E-state index contributed by atoms with van der Waals surface area (Å²) in [5.41, 5.74) is 1.21. The summed E-state index contributed by atoms with van der Waals surface area (Å²) in [6, 6.07) is 0. The van der Waals surface area contributed by atoms with Crippen LogP contribution in [0.3, 0.4) is 0 Å². The summed E-state index contributed by atoms with van der Waals surface area (Å²) in [6.45, 7) is 2.01. The molecule has 1 aromatic heterocycles. The SMILES string of the molecule is CC(Cl)CCc1c(Br)cnn1C. The molecule has 1 heterocycles. The van der Waals surface area contributed by atoms with Crippen molar-refractivity contribution in [2.75, 3.05) is 0 Å². The van der Waals surface area contributed by atoms with Gasteiger partial charge in [0.2, 0.25) is 0 Å². The molecule has 0 saturated carbocycles. The van der Waals surface area contributed by atoms with Gasteiger partial charge in [-0.25, -0.2) is 0 Å². The van der Waals surface area contributed by atoms with Crippen molar-refractivity contribution in [2.24, 2.45) is 7.05 Å². The van der Waals surface area contributed by atoms with Crippen LogP contribution in [0.15, 0.2) is 10.7 Å². The van der Waals surface area contributed by atoms with E-state index in [2.05, 4.69) is 21.0 Å². The molecule has 0 bridgehead atoms. The Bertz CT molecular complexity index is 238. The highest BCUT2D eigenvalue weighted by molar-refractivity contribution is 9.10. The van der Waals surface area contributed by atoms with Crippen LogP contribution in [0.25, 0.3) is 0 Å². The quantitative estimate of drug-likeness (QED) is 0.756. The molecule has 0 spiro atoms. The molecule has 0 aromatic carbocycles. The normalized spacial score (nSPS) is 13.3. The molecular weight excluding hydrogens is 239 g/mol. The van der Waals surface area contributed by atoms with Gasteiger partial charge in [-0.3, -0.25) is 4.68 Å². The van der Waals surface area contributed by atoms with Crippen LogP contribution in [0, 0.1) is 0 Å². The van der Waals surface area contributed by atoms with Crippen molar-refractivity contribution in [3.05, 3.63) is 16.4 Å². The Morgan fingerprint density at radius 1 is 1.75 bits per heavy atom. The molecular formula is C8H12BrClN2. The minimum absolute atomic E-state index is 0.229. The lowest BCUT2D eigenvalue weighted by Crippen LogP contribution is -2.02. The molecule has 0 aliphatic heterocycles. The van der Waals surface area contributed by atoms with Gasteiger partial charge >= 0.3 is 0 Å². The van der Waals surface area contributed by atoms with Crippen molar-refractivity contribution < 1.29 is 0 Å². The highest BCUT2D eigenvalue weighted by atomic mass is 79.9. The molecule has 0 aliphatic carbocycles. The Morgan fingerprint density at radius 2 is 2.42 bits per heavy atom. The maximum Gasteiger partial charge on any atom is 0.0635 e. The Labute approximate surface area is 86.0 Å². The Morgan fingerprint density at radius 3 is 2.83 bits per heavy atom. The van der Waals surface area contributed by atoms with Gasteiger partial charge in [-0.1, -0.05) is 0 Å². The van der Waals surface area contributed by atoms with Gasteiger partial charge in [0.1, 0.15) is 0 Å². The lowest BCUT2D eigenvalue weighted by molar-refractivity contribution is 0.677. The molecule has 0 N–H and O–H groups in total. The second-order valence-corrected chi connectivity index (χ2v) is 4.48. The average Bonchev–Trinajstić information content (AvgIpc) is 2.28. The maximum absolute atomic E-state index is 5.85. The summed E-state index contributed by atoms with van der Waals surface area (Å²) in [5, 5.41) is 4.35. The summed E-state index contributed by atoms with van der Waals surface area (Å²) in [6.07, 6.45) is 3.77. The van der Waals surface area contributed by atoms with Gasteiger partial charge in [-0.2, -0.15) is 5.10 Å². The Hall–Kier alpha value is -0.0200. The van der Waals surface area contributed by atoms with Crippen molar-refractivity contribution in [1.29, 1.82) is 0 Å². The Kier molecular flexibility index (Phi) is 3.59. The zero-order chi connectivity index (χ0) is 9.14. The molecule has 1 unspecified atom stereocenters. The largest absolute Gasteiger partial charge is 0.271 e. The lowest BCUT2D eigenvalue weighted by atomic mass is 10.2. The van der Waals surface area contributed by atoms with E-state index < -0.39 is 0 Å². The van der Waals surface area contributed by atoms with Crippen LogP contribution in [0.5, 0.6) is 0 Å². The van der Waals surface area contributed by atoms with E-state index in [4.69, 9.17) is 11.6 Å². The van der Waals surface area contributed by atoms with E-state index >= 15 is 0 Å². The highest BCUT2D eigenvalue weighted by Crippen LogP contribution is 2.18. The van der Waals surface area contributed by atoms with E-state index in [0.29, 0.717) is 0 Å². The summed E-state index contributed by atoms with van der Waals surface area (Å²) < 4.78 is 2.95. The minimum Gasteiger partial charge on any atom is -0.271 e. The zero-order valence-electron chi connectivity index (χ0n) is 7.22. The first-order valence-corrected chi connectivity index (χ1v) is 5.14. The molecule has 0 aliphatic rings. The molecule has 2 nitrogen and oxygen atoms in total. The van der Waals surface area contributed by atoms with Crippen molar-refractivity contribution >= 4 is 27.5 Å². The van der Waals surface area contributed by atoms with Crippen LogP contribution in [-0.4, -0.2) is 15.2 Å². The molecule has 4 heteroatoms. The summed E-state index contributed by atoms with van der Waals surface area (Å²) in [5.74, 6) is 0.